The van der Waals surface area contributed by atoms with Crippen molar-refractivity contribution in [3.8, 4) is 0 Å². The lowest BCUT2D eigenvalue weighted by molar-refractivity contribution is -0.116. The Morgan fingerprint density at radius 1 is 1.11 bits per heavy atom. The van der Waals surface area contributed by atoms with Gasteiger partial charge in [0.05, 0.1) is 4.90 Å². The summed E-state index contributed by atoms with van der Waals surface area (Å²) in [5.41, 5.74) is 4.18. The fraction of sp³-hybridized carbons (Fsp3) is 0.381. The molecule has 1 amide bonds. The number of fused-ring (bicyclic) bond motifs is 2. The van der Waals surface area contributed by atoms with Gasteiger partial charge in [0.1, 0.15) is 0 Å². The highest BCUT2D eigenvalue weighted by Crippen LogP contribution is 2.28. The average molecular weight is 400 g/mol. The molecule has 28 heavy (non-hydrogen) atoms. The lowest BCUT2D eigenvalue weighted by Crippen LogP contribution is -2.46. The highest BCUT2D eigenvalue weighted by molar-refractivity contribution is 7.89. The highest BCUT2D eigenvalue weighted by Gasteiger charge is 2.29. The number of carbonyl (C=O) groups is 1. The van der Waals surface area contributed by atoms with Gasteiger partial charge in [-0.2, -0.15) is 4.31 Å². The van der Waals surface area contributed by atoms with Crippen LogP contribution in [0.4, 0.5) is 5.69 Å². The maximum absolute atomic E-state index is 13.1. The van der Waals surface area contributed by atoms with Crippen molar-refractivity contribution in [2.75, 3.05) is 26.0 Å². The Hall–Kier alpha value is -2.22. The molecule has 0 saturated carbocycles. The molecule has 1 unspecified atom stereocenters. The number of anilines is 1. The van der Waals surface area contributed by atoms with E-state index in [4.69, 9.17) is 0 Å². The van der Waals surface area contributed by atoms with E-state index in [1.807, 2.05) is 19.2 Å². The second-order valence-corrected chi connectivity index (χ2v) is 9.74. The van der Waals surface area contributed by atoms with Crippen LogP contribution in [0.15, 0.2) is 47.4 Å². The number of hydrogen-bond acceptors (Lipinski definition) is 4. The smallest absolute Gasteiger partial charge is 0.242 e. The van der Waals surface area contributed by atoms with Crippen molar-refractivity contribution in [2.24, 2.45) is 0 Å². The summed E-state index contributed by atoms with van der Waals surface area (Å²) < 4.78 is 27.7. The van der Waals surface area contributed by atoms with Gasteiger partial charge in [-0.25, -0.2) is 8.42 Å². The topological polar surface area (TPSA) is 69.7 Å². The summed E-state index contributed by atoms with van der Waals surface area (Å²) in [5.74, 6) is -0.0270. The molecule has 2 heterocycles. The summed E-state index contributed by atoms with van der Waals surface area (Å²) in [4.78, 5) is 14.0. The second-order valence-electron chi connectivity index (χ2n) is 7.69. The quantitative estimate of drug-likeness (QED) is 0.856. The molecule has 0 bridgehead atoms. The van der Waals surface area contributed by atoms with Crippen molar-refractivity contribution >= 4 is 21.6 Å². The van der Waals surface area contributed by atoms with Crippen LogP contribution in [0.1, 0.15) is 23.1 Å². The molecule has 2 aromatic carbocycles. The van der Waals surface area contributed by atoms with Crippen LogP contribution in [0.5, 0.6) is 0 Å². The SMILES string of the molecule is CN1Cc2ccccc2CC1CN(C)S(=O)(=O)c1ccc2c(c1)CCC(=O)N2. The molecule has 6 nitrogen and oxygen atoms in total. The monoisotopic (exact) mass is 399 g/mol. The number of rotatable bonds is 4. The van der Waals surface area contributed by atoms with E-state index in [2.05, 4.69) is 22.3 Å². The molecule has 7 heteroatoms. The Kier molecular flexibility index (Phi) is 4.99. The summed E-state index contributed by atoms with van der Waals surface area (Å²) in [6.07, 6.45) is 1.79. The second kappa shape index (κ2) is 7.31. The molecular weight excluding hydrogens is 374 g/mol. The Bertz CT molecular complexity index is 1020. The fourth-order valence-corrected chi connectivity index (χ4v) is 5.28. The van der Waals surface area contributed by atoms with Crippen LogP contribution >= 0.6 is 0 Å². The summed E-state index contributed by atoms with van der Waals surface area (Å²) >= 11 is 0. The van der Waals surface area contributed by atoms with Crippen molar-refractivity contribution in [3.05, 3.63) is 59.2 Å². The third-order valence-electron chi connectivity index (χ3n) is 5.77. The number of sulfonamides is 1. The molecule has 0 saturated heterocycles. The minimum absolute atomic E-state index is 0.0270. The Morgan fingerprint density at radius 3 is 2.64 bits per heavy atom. The summed E-state index contributed by atoms with van der Waals surface area (Å²) in [6.45, 7) is 1.26. The van der Waals surface area contributed by atoms with Gasteiger partial charge in [-0.1, -0.05) is 24.3 Å². The first-order valence-electron chi connectivity index (χ1n) is 9.51. The number of nitrogens with one attached hydrogen (secondary N) is 1. The number of amides is 1. The number of likely N-dealkylation sites (N-methyl/N-ethyl adjacent to an activating group) is 2. The van der Waals surface area contributed by atoms with Crippen LogP contribution in [-0.4, -0.2) is 50.2 Å². The zero-order chi connectivity index (χ0) is 19.9. The maximum Gasteiger partial charge on any atom is 0.242 e. The van der Waals surface area contributed by atoms with Crippen LogP contribution in [0.25, 0.3) is 0 Å². The van der Waals surface area contributed by atoms with E-state index in [9.17, 15) is 13.2 Å². The Labute approximate surface area is 166 Å². The van der Waals surface area contributed by atoms with Gasteiger partial charge in [0.15, 0.2) is 0 Å². The van der Waals surface area contributed by atoms with Gasteiger partial charge in [0.25, 0.3) is 0 Å². The van der Waals surface area contributed by atoms with E-state index in [0.29, 0.717) is 25.1 Å². The molecule has 4 rings (SSSR count). The maximum atomic E-state index is 13.1. The number of hydrogen-bond donors (Lipinski definition) is 1. The molecule has 0 fully saturated rings. The van der Waals surface area contributed by atoms with E-state index in [-0.39, 0.29) is 16.8 Å². The van der Waals surface area contributed by atoms with Gasteiger partial charge >= 0.3 is 0 Å². The normalized spacial score (nSPS) is 19.8. The van der Waals surface area contributed by atoms with E-state index < -0.39 is 10.0 Å². The predicted molar refractivity (Wildman–Crippen MR) is 109 cm³/mol. The van der Waals surface area contributed by atoms with E-state index >= 15 is 0 Å². The first-order chi connectivity index (χ1) is 13.3. The van der Waals surface area contributed by atoms with Crippen LogP contribution in [-0.2, 0) is 34.2 Å². The minimum Gasteiger partial charge on any atom is -0.326 e. The van der Waals surface area contributed by atoms with Crippen LogP contribution in [0, 0.1) is 0 Å². The molecule has 0 aromatic heterocycles. The molecule has 0 radical (unpaired) electrons. The first-order valence-corrected chi connectivity index (χ1v) is 10.9. The Morgan fingerprint density at radius 2 is 1.86 bits per heavy atom. The van der Waals surface area contributed by atoms with Crippen LogP contribution in [0.3, 0.4) is 0 Å². The number of nitrogens with zero attached hydrogens (tertiary/aromatic N) is 2. The van der Waals surface area contributed by atoms with Gasteiger partial charge in [0.2, 0.25) is 15.9 Å². The van der Waals surface area contributed by atoms with Crippen LogP contribution in [0.2, 0.25) is 0 Å². The van der Waals surface area contributed by atoms with Crippen molar-refractivity contribution in [1.82, 2.24) is 9.21 Å². The summed E-state index contributed by atoms with van der Waals surface area (Å²) in [7, 11) is 0.0958. The molecule has 2 aliphatic rings. The predicted octanol–water partition coefficient (Wildman–Crippen LogP) is 2.25. The van der Waals surface area contributed by atoms with Gasteiger partial charge in [-0.05, 0) is 54.8 Å². The van der Waals surface area contributed by atoms with Crippen molar-refractivity contribution in [2.45, 2.75) is 36.7 Å². The third kappa shape index (κ3) is 3.57. The third-order valence-corrected chi connectivity index (χ3v) is 7.58. The first kappa shape index (κ1) is 19.1. The minimum atomic E-state index is -3.59. The van der Waals surface area contributed by atoms with Gasteiger partial charge in [-0.3, -0.25) is 9.69 Å². The van der Waals surface area contributed by atoms with Crippen molar-refractivity contribution in [1.29, 1.82) is 0 Å². The van der Waals surface area contributed by atoms with Gasteiger partial charge < -0.3 is 5.32 Å². The molecule has 148 valence electrons. The molecule has 2 aromatic rings. The van der Waals surface area contributed by atoms with Crippen molar-refractivity contribution in [3.63, 3.8) is 0 Å². The zero-order valence-corrected chi connectivity index (χ0v) is 17.0. The lowest BCUT2D eigenvalue weighted by atomic mass is 9.94. The van der Waals surface area contributed by atoms with E-state index in [1.165, 1.54) is 15.4 Å². The molecule has 0 spiro atoms. The van der Waals surface area contributed by atoms with E-state index in [0.717, 1.165) is 18.5 Å². The number of carbonyl (C=O) groups excluding carboxylic acids is 1. The highest BCUT2D eigenvalue weighted by atomic mass is 32.2. The largest absolute Gasteiger partial charge is 0.326 e. The zero-order valence-electron chi connectivity index (χ0n) is 16.2. The average Bonchev–Trinajstić information content (AvgIpc) is 2.68. The number of benzene rings is 2. The summed E-state index contributed by atoms with van der Waals surface area (Å²) in [5, 5.41) is 2.79. The number of aryl methyl sites for hydroxylation is 1. The fourth-order valence-electron chi connectivity index (χ4n) is 4.02. The molecule has 1 N–H and O–H groups in total. The van der Waals surface area contributed by atoms with Gasteiger partial charge in [0, 0.05) is 38.3 Å². The van der Waals surface area contributed by atoms with Gasteiger partial charge in [-0.15, -0.1) is 0 Å². The standard InChI is InChI=1S/C21H25N3O3S/c1-23-13-17-6-4-3-5-15(17)11-18(23)14-24(2)28(26,27)19-8-9-20-16(12-19)7-10-21(25)22-20/h3-6,8-9,12,18H,7,10-11,13-14H2,1-2H3,(H,22,25). The molecule has 0 aliphatic carbocycles. The summed E-state index contributed by atoms with van der Waals surface area (Å²) in [6, 6.07) is 13.4. The molecule has 1 atom stereocenters. The van der Waals surface area contributed by atoms with E-state index in [1.54, 1.807) is 25.2 Å². The van der Waals surface area contributed by atoms with Crippen LogP contribution < -0.4 is 5.32 Å². The van der Waals surface area contributed by atoms with Crippen molar-refractivity contribution < 1.29 is 13.2 Å². The Balaban J connectivity index is 1.53. The molecule has 2 aliphatic heterocycles. The molecular formula is C21H25N3O3S. The lowest BCUT2D eigenvalue weighted by Gasteiger charge is -2.36.